The van der Waals surface area contributed by atoms with Gasteiger partial charge in [-0.1, -0.05) is 72.3 Å². The summed E-state index contributed by atoms with van der Waals surface area (Å²) in [6.07, 6.45) is -0.899. The number of imide groups is 1. The number of halogens is 1. The molecule has 0 saturated carbocycles. The van der Waals surface area contributed by atoms with E-state index in [0.717, 1.165) is 16.2 Å². The van der Waals surface area contributed by atoms with Crippen LogP contribution >= 0.6 is 11.6 Å². The van der Waals surface area contributed by atoms with E-state index < -0.39 is 24.0 Å². The number of amides is 2. The average Bonchev–Trinajstić information content (AvgIpc) is 3.26. The van der Waals surface area contributed by atoms with Gasteiger partial charge in [-0.3, -0.25) is 14.4 Å². The Hall–Kier alpha value is -3.15. The quantitative estimate of drug-likeness (QED) is 0.607. The van der Waals surface area contributed by atoms with E-state index >= 15 is 0 Å². The van der Waals surface area contributed by atoms with Crippen molar-refractivity contribution in [3.05, 3.63) is 95.5 Å². The van der Waals surface area contributed by atoms with Crippen molar-refractivity contribution >= 4 is 34.8 Å². The average molecular weight is 405 g/mol. The number of hydrogen-bond donors (Lipinski definition) is 0. The first-order chi connectivity index (χ1) is 14.2. The molecule has 5 nitrogen and oxygen atoms in total. The Kier molecular flexibility index (Phi) is 4.34. The summed E-state index contributed by atoms with van der Waals surface area (Å²) in [5.41, 5.74) is 2.09. The summed E-state index contributed by atoms with van der Waals surface area (Å²) in [7, 11) is 0. The van der Waals surface area contributed by atoms with E-state index in [-0.39, 0.29) is 5.91 Å². The second-order valence-corrected chi connectivity index (χ2v) is 7.44. The third-order valence-electron chi connectivity index (χ3n) is 5.36. The van der Waals surface area contributed by atoms with E-state index in [1.54, 1.807) is 29.3 Å². The van der Waals surface area contributed by atoms with Crippen molar-refractivity contribution in [2.75, 3.05) is 9.96 Å². The van der Waals surface area contributed by atoms with Crippen LogP contribution in [-0.4, -0.2) is 17.9 Å². The van der Waals surface area contributed by atoms with Gasteiger partial charge in [-0.25, -0.2) is 9.96 Å². The van der Waals surface area contributed by atoms with E-state index in [0.29, 0.717) is 10.7 Å². The Labute approximate surface area is 173 Å². The molecule has 0 N–H and O–H groups in total. The van der Waals surface area contributed by atoms with Crippen LogP contribution in [0.25, 0.3) is 0 Å². The van der Waals surface area contributed by atoms with Gasteiger partial charge in [0.2, 0.25) is 5.91 Å². The van der Waals surface area contributed by atoms with E-state index in [1.165, 1.54) is 0 Å². The maximum absolute atomic E-state index is 13.5. The van der Waals surface area contributed by atoms with E-state index in [1.807, 2.05) is 60.7 Å². The van der Waals surface area contributed by atoms with Crippen LogP contribution in [0.4, 0.5) is 11.4 Å². The lowest BCUT2D eigenvalue weighted by atomic mass is 9.90. The van der Waals surface area contributed by atoms with Gasteiger partial charge in [0.05, 0.1) is 22.4 Å². The highest BCUT2D eigenvalue weighted by molar-refractivity contribution is 6.36. The van der Waals surface area contributed by atoms with Gasteiger partial charge in [0.25, 0.3) is 5.91 Å². The highest BCUT2D eigenvalue weighted by Gasteiger charge is 2.60. The normalized spacial score (nSPS) is 23.6. The molecule has 0 aliphatic carbocycles. The van der Waals surface area contributed by atoms with Crippen molar-refractivity contribution in [1.82, 2.24) is 0 Å². The smallest absolute Gasteiger partial charge is 0.266 e. The Morgan fingerprint density at radius 2 is 1.38 bits per heavy atom. The Morgan fingerprint density at radius 1 is 0.759 bits per heavy atom. The minimum atomic E-state index is -0.899. The molecule has 0 unspecified atom stereocenters. The van der Waals surface area contributed by atoms with Crippen LogP contribution in [0.15, 0.2) is 84.9 Å². The van der Waals surface area contributed by atoms with Gasteiger partial charge < -0.3 is 0 Å². The molecule has 2 fully saturated rings. The minimum Gasteiger partial charge on any atom is -0.273 e. The van der Waals surface area contributed by atoms with Crippen LogP contribution in [-0.2, 0) is 14.4 Å². The molecule has 144 valence electrons. The summed E-state index contributed by atoms with van der Waals surface area (Å²) < 4.78 is 0. The van der Waals surface area contributed by atoms with Crippen molar-refractivity contribution in [2.45, 2.75) is 12.1 Å². The fourth-order valence-electron chi connectivity index (χ4n) is 4.07. The molecule has 2 heterocycles. The van der Waals surface area contributed by atoms with Crippen LogP contribution in [0.1, 0.15) is 11.6 Å². The van der Waals surface area contributed by atoms with Crippen molar-refractivity contribution in [3.8, 4) is 0 Å². The first-order valence-electron chi connectivity index (χ1n) is 9.35. The van der Waals surface area contributed by atoms with Gasteiger partial charge in [-0.2, -0.15) is 0 Å². The van der Waals surface area contributed by atoms with Crippen LogP contribution < -0.4 is 9.96 Å². The summed E-state index contributed by atoms with van der Waals surface area (Å²) in [5, 5.41) is 2.04. The Morgan fingerprint density at radius 3 is 2.07 bits per heavy atom. The van der Waals surface area contributed by atoms with Crippen LogP contribution in [0, 0.1) is 5.92 Å². The van der Waals surface area contributed by atoms with Gasteiger partial charge in [0, 0.05) is 0 Å². The van der Waals surface area contributed by atoms with E-state index in [9.17, 15) is 9.59 Å². The van der Waals surface area contributed by atoms with Gasteiger partial charge >= 0.3 is 0 Å². The topological polar surface area (TPSA) is 49.9 Å². The van der Waals surface area contributed by atoms with Gasteiger partial charge in [-0.15, -0.1) is 0 Å². The molecule has 29 heavy (non-hydrogen) atoms. The highest BCUT2D eigenvalue weighted by atomic mass is 35.5. The Bertz CT molecular complexity index is 1070. The molecule has 6 heteroatoms. The molecular weight excluding hydrogens is 388 g/mol. The van der Waals surface area contributed by atoms with Crippen LogP contribution in [0.2, 0.25) is 5.02 Å². The molecule has 3 aromatic carbocycles. The molecular formula is C23H17ClN2O3. The van der Waals surface area contributed by atoms with Gasteiger partial charge in [0.15, 0.2) is 6.10 Å². The first-order valence-corrected chi connectivity index (χ1v) is 9.73. The van der Waals surface area contributed by atoms with Crippen molar-refractivity contribution in [1.29, 1.82) is 0 Å². The maximum Gasteiger partial charge on any atom is 0.266 e. The minimum absolute atomic E-state index is 0.305. The lowest BCUT2D eigenvalue weighted by Crippen LogP contribution is -2.37. The van der Waals surface area contributed by atoms with Crippen molar-refractivity contribution in [3.63, 3.8) is 0 Å². The zero-order valence-electron chi connectivity index (χ0n) is 15.3. The maximum atomic E-state index is 13.5. The standard InChI is InChI=1S/C23H17ClN2O3/c24-17-13-7-8-14-18(17)25-22(27)19-20(15-9-3-1-4-10-15)26(29-21(19)23(25)28)16-11-5-2-6-12-16/h1-14,19-21H/t19-,20-,21-/m1/s1. The Balaban J connectivity index is 1.60. The number of benzene rings is 3. The first kappa shape index (κ1) is 17.9. The molecule has 0 aromatic heterocycles. The lowest BCUT2D eigenvalue weighted by molar-refractivity contribution is -0.126. The number of anilines is 2. The number of rotatable bonds is 3. The molecule has 3 aromatic rings. The SMILES string of the molecule is O=C1[C@@H]2[C@@H](c3ccccc3)N(c3ccccc3)O[C@H]2C(=O)N1c1ccccc1Cl. The second-order valence-electron chi connectivity index (χ2n) is 7.03. The lowest BCUT2D eigenvalue weighted by Gasteiger charge is -2.28. The summed E-state index contributed by atoms with van der Waals surface area (Å²) in [6, 6.07) is 25.6. The molecule has 2 amide bonds. The molecule has 2 saturated heterocycles. The van der Waals surface area contributed by atoms with E-state index in [4.69, 9.17) is 16.4 Å². The zero-order chi connectivity index (χ0) is 20.0. The summed E-state index contributed by atoms with van der Waals surface area (Å²) in [5.74, 6) is -1.37. The monoisotopic (exact) mass is 404 g/mol. The molecule has 2 aliphatic rings. The van der Waals surface area contributed by atoms with Crippen LogP contribution in [0.5, 0.6) is 0 Å². The van der Waals surface area contributed by atoms with Crippen molar-refractivity contribution in [2.24, 2.45) is 5.92 Å². The zero-order valence-corrected chi connectivity index (χ0v) is 16.1. The largest absolute Gasteiger partial charge is 0.273 e. The fraction of sp³-hybridized carbons (Fsp3) is 0.130. The summed E-state index contributed by atoms with van der Waals surface area (Å²) in [4.78, 5) is 33.9. The predicted octanol–water partition coefficient (Wildman–Crippen LogP) is 4.39. The number of hydroxylamine groups is 1. The molecule has 0 radical (unpaired) electrons. The van der Waals surface area contributed by atoms with E-state index in [2.05, 4.69) is 0 Å². The number of nitrogens with zero attached hydrogens (tertiary/aromatic N) is 2. The second kappa shape index (κ2) is 7.03. The number of hydrogen-bond acceptors (Lipinski definition) is 4. The molecule has 3 atom stereocenters. The third kappa shape index (κ3) is 2.82. The summed E-state index contributed by atoms with van der Waals surface area (Å²) in [6.45, 7) is 0. The fourth-order valence-corrected chi connectivity index (χ4v) is 4.29. The number of carbonyl (C=O) groups is 2. The predicted molar refractivity (Wildman–Crippen MR) is 110 cm³/mol. The van der Waals surface area contributed by atoms with Crippen molar-refractivity contribution < 1.29 is 14.4 Å². The third-order valence-corrected chi connectivity index (χ3v) is 5.68. The molecule has 0 bridgehead atoms. The van der Waals surface area contributed by atoms with Gasteiger partial charge in [-0.05, 0) is 29.8 Å². The molecule has 5 rings (SSSR count). The number of para-hydroxylation sites is 2. The number of fused-ring (bicyclic) bond motifs is 1. The summed E-state index contributed by atoms with van der Waals surface area (Å²) >= 11 is 6.27. The van der Waals surface area contributed by atoms with Gasteiger partial charge in [0.1, 0.15) is 5.92 Å². The highest BCUT2D eigenvalue weighted by Crippen LogP contribution is 2.48. The van der Waals surface area contributed by atoms with Crippen LogP contribution in [0.3, 0.4) is 0 Å². The molecule has 0 spiro atoms. The molecule has 2 aliphatic heterocycles. The number of carbonyl (C=O) groups excluding carboxylic acids is 2.